The number of benzene rings is 8. The zero-order valence-corrected chi connectivity index (χ0v) is 31.8. The Kier molecular flexibility index (Phi) is 7.38. The molecule has 0 radical (unpaired) electrons. The summed E-state index contributed by atoms with van der Waals surface area (Å²) in [5, 5.41) is 5.30. The number of aromatic nitrogens is 3. The van der Waals surface area contributed by atoms with E-state index in [0.717, 1.165) is 27.8 Å². The fraction of sp³-hybridized carbons (Fsp3) is 0.0577. The van der Waals surface area contributed by atoms with Crippen LogP contribution in [-0.2, 0) is 5.41 Å². The van der Waals surface area contributed by atoms with Gasteiger partial charge in [-0.3, -0.25) is 0 Å². The molecule has 0 N–H and O–H groups in total. The molecule has 2 heterocycles. The van der Waals surface area contributed by atoms with Gasteiger partial charge in [-0.2, -0.15) is 0 Å². The van der Waals surface area contributed by atoms with E-state index in [1.165, 1.54) is 64.3 Å². The normalized spacial score (nSPS) is 13.0. The van der Waals surface area contributed by atoms with Crippen molar-refractivity contribution in [3.8, 4) is 67.5 Å². The van der Waals surface area contributed by atoms with Crippen LogP contribution in [0.3, 0.4) is 0 Å². The van der Waals surface area contributed by atoms with Crippen molar-refractivity contribution in [3.63, 3.8) is 0 Å². The molecule has 3 nitrogen and oxygen atoms in total. The topological polar surface area (TPSA) is 38.7 Å². The van der Waals surface area contributed by atoms with Crippen molar-refractivity contribution >= 4 is 42.3 Å². The van der Waals surface area contributed by atoms with Gasteiger partial charge in [-0.25, -0.2) is 15.0 Å². The summed E-state index contributed by atoms with van der Waals surface area (Å²) in [6.45, 7) is 4.77. The Bertz CT molecular complexity index is 3100. The zero-order chi connectivity index (χ0) is 37.4. The number of hydrogen-bond acceptors (Lipinski definition) is 4. The average molecular weight is 734 g/mol. The van der Waals surface area contributed by atoms with Crippen LogP contribution >= 0.6 is 11.3 Å². The van der Waals surface area contributed by atoms with Crippen LogP contribution in [0, 0.1) is 0 Å². The lowest BCUT2D eigenvalue weighted by atomic mass is 9.80. The highest BCUT2D eigenvalue weighted by atomic mass is 32.1. The minimum absolute atomic E-state index is 0.137. The molecule has 2 aromatic heterocycles. The van der Waals surface area contributed by atoms with E-state index in [9.17, 15) is 0 Å². The first kappa shape index (κ1) is 32.7. The van der Waals surface area contributed by atoms with Gasteiger partial charge in [-0.05, 0) is 74.2 Å². The molecule has 8 aromatic carbocycles. The highest BCUT2D eigenvalue weighted by Gasteiger charge is 2.37. The molecule has 0 unspecified atom stereocenters. The molecule has 4 heteroatoms. The largest absolute Gasteiger partial charge is 0.208 e. The van der Waals surface area contributed by atoms with E-state index >= 15 is 0 Å². The van der Waals surface area contributed by atoms with Gasteiger partial charge in [0.25, 0.3) is 0 Å². The Morgan fingerprint density at radius 1 is 0.393 bits per heavy atom. The summed E-state index contributed by atoms with van der Waals surface area (Å²) in [5.74, 6) is 1.96. The van der Waals surface area contributed by atoms with E-state index in [1.807, 2.05) is 72.0 Å². The van der Waals surface area contributed by atoms with Gasteiger partial charge in [0.05, 0.1) is 0 Å². The Balaban J connectivity index is 1.08. The highest BCUT2D eigenvalue weighted by molar-refractivity contribution is 7.26. The molecular weight excluding hydrogens is 699 g/mol. The van der Waals surface area contributed by atoms with Crippen molar-refractivity contribution in [2.24, 2.45) is 0 Å². The monoisotopic (exact) mass is 733 g/mol. The standard InChI is InChI=1S/C52H35N3S/c1-52(2)43-25-11-9-24-41(43)46-44(52)31-42(39-27-28-40-38-23-10-12-26-45(38)56-48(40)47(39)46)36-21-13-19-34(29-36)35-20-14-22-37(30-35)51-54-49(32-15-5-3-6-16-32)53-50(55-51)33-17-7-4-8-18-33/h3-31H,1-2H3. The van der Waals surface area contributed by atoms with Crippen molar-refractivity contribution < 1.29 is 0 Å². The Hall–Kier alpha value is -6.75. The molecule has 0 bridgehead atoms. The summed E-state index contributed by atoms with van der Waals surface area (Å²) in [6.07, 6.45) is 0. The van der Waals surface area contributed by atoms with E-state index in [2.05, 4.69) is 129 Å². The van der Waals surface area contributed by atoms with Crippen molar-refractivity contribution in [2.75, 3.05) is 0 Å². The predicted molar refractivity (Wildman–Crippen MR) is 235 cm³/mol. The van der Waals surface area contributed by atoms with E-state index in [0.29, 0.717) is 17.5 Å². The maximum absolute atomic E-state index is 5.02. The van der Waals surface area contributed by atoms with Crippen LogP contribution in [0.2, 0.25) is 0 Å². The summed E-state index contributed by atoms with van der Waals surface area (Å²) < 4.78 is 2.69. The molecule has 10 aromatic rings. The number of thiophene rings is 1. The summed E-state index contributed by atoms with van der Waals surface area (Å²) in [7, 11) is 0. The third-order valence-corrected chi connectivity index (χ3v) is 12.7. The Morgan fingerprint density at radius 2 is 0.929 bits per heavy atom. The molecule has 0 atom stereocenters. The second kappa shape index (κ2) is 12.7. The molecule has 11 rings (SSSR count). The SMILES string of the molecule is CC1(C)c2ccccc2-c2c1cc(-c1cccc(-c3cccc(-c4nc(-c5ccccc5)nc(-c5ccccc5)n4)c3)c1)c1ccc3c4ccccc4sc3c21. The van der Waals surface area contributed by atoms with Crippen molar-refractivity contribution in [3.05, 3.63) is 187 Å². The molecule has 1 aliphatic rings. The van der Waals surface area contributed by atoms with Crippen LogP contribution in [-0.4, -0.2) is 15.0 Å². The first-order chi connectivity index (χ1) is 27.5. The second-order valence-electron chi connectivity index (χ2n) is 15.2. The number of hydrogen-bond donors (Lipinski definition) is 0. The quantitative estimate of drug-likeness (QED) is 0.177. The summed E-state index contributed by atoms with van der Waals surface area (Å²) >= 11 is 1.92. The van der Waals surface area contributed by atoms with Crippen LogP contribution in [0.25, 0.3) is 98.5 Å². The van der Waals surface area contributed by atoms with Crippen LogP contribution in [0.5, 0.6) is 0 Å². The lowest BCUT2D eigenvalue weighted by molar-refractivity contribution is 0.661. The third kappa shape index (κ3) is 5.14. The predicted octanol–water partition coefficient (Wildman–Crippen LogP) is 14.0. The van der Waals surface area contributed by atoms with E-state index in [4.69, 9.17) is 15.0 Å². The molecule has 0 amide bonds. The van der Waals surface area contributed by atoms with E-state index in [-0.39, 0.29) is 5.41 Å². The fourth-order valence-corrected chi connectivity index (χ4v) is 9.99. The smallest absolute Gasteiger partial charge is 0.164 e. The van der Waals surface area contributed by atoms with Gasteiger partial charge in [-0.15, -0.1) is 11.3 Å². The van der Waals surface area contributed by atoms with Crippen LogP contribution < -0.4 is 0 Å². The zero-order valence-electron chi connectivity index (χ0n) is 31.0. The fourth-order valence-electron chi connectivity index (χ4n) is 8.73. The lowest BCUT2D eigenvalue weighted by Crippen LogP contribution is -2.15. The van der Waals surface area contributed by atoms with Gasteiger partial charge in [0, 0.05) is 47.7 Å². The first-order valence-electron chi connectivity index (χ1n) is 19.1. The molecular formula is C52H35N3S. The summed E-state index contributed by atoms with van der Waals surface area (Å²) in [4.78, 5) is 14.9. The van der Waals surface area contributed by atoms with Crippen LogP contribution in [0.15, 0.2) is 176 Å². The van der Waals surface area contributed by atoms with Gasteiger partial charge in [0.1, 0.15) is 0 Å². The summed E-state index contributed by atoms with van der Waals surface area (Å²) in [6, 6.07) is 62.9. The third-order valence-electron chi connectivity index (χ3n) is 11.5. The molecule has 0 saturated carbocycles. The Morgan fingerprint density at radius 3 is 1.64 bits per heavy atom. The van der Waals surface area contributed by atoms with Gasteiger partial charge in [0.15, 0.2) is 17.5 Å². The lowest BCUT2D eigenvalue weighted by Gasteiger charge is -2.23. The molecule has 1 aliphatic carbocycles. The van der Waals surface area contributed by atoms with Crippen LogP contribution in [0.4, 0.5) is 0 Å². The maximum atomic E-state index is 5.02. The van der Waals surface area contributed by atoms with E-state index in [1.54, 1.807) is 0 Å². The molecule has 56 heavy (non-hydrogen) atoms. The van der Waals surface area contributed by atoms with Crippen LogP contribution in [0.1, 0.15) is 25.0 Å². The van der Waals surface area contributed by atoms with Gasteiger partial charge >= 0.3 is 0 Å². The minimum Gasteiger partial charge on any atom is -0.208 e. The molecule has 0 fully saturated rings. The number of nitrogens with zero attached hydrogens (tertiary/aromatic N) is 3. The molecule has 264 valence electrons. The first-order valence-corrected chi connectivity index (χ1v) is 19.9. The number of rotatable bonds is 5. The second-order valence-corrected chi connectivity index (χ2v) is 16.2. The molecule has 0 spiro atoms. The van der Waals surface area contributed by atoms with Crippen molar-refractivity contribution in [1.82, 2.24) is 15.0 Å². The van der Waals surface area contributed by atoms with E-state index < -0.39 is 0 Å². The van der Waals surface area contributed by atoms with Gasteiger partial charge in [-0.1, -0.05) is 166 Å². The van der Waals surface area contributed by atoms with Gasteiger partial charge in [0.2, 0.25) is 0 Å². The van der Waals surface area contributed by atoms with Gasteiger partial charge < -0.3 is 0 Å². The maximum Gasteiger partial charge on any atom is 0.164 e. The molecule has 0 aliphatic heterocycles. The van der Waals surface area contributed by atoms with Crippen molar-refractivity contribution in [2.45, 2.75) is 19.3 Å². The van der Waals surface area contributed by atoms with Crippen molar-refractivity contribution in [1.29, 1.82) is 0 Å². The number of fused-ring (bicyclic) bond motifs is 9. The Labute approximate surface area is 329 Å². The molecule has 0 saturated heterocycles. The minimum atomic E-state index is -0.137. The highest BCUT2D eigenvalue weighted by Crippen LogP contribution is 2.55. The average Bonchev–Trinajstić information content (AvgIpc) is 3.76. The summed E-state index contributed by atoms with van der Waals surface area (Å²) in [5.41, 5.74) is 12.9.